The molecule has 2 aromatic heterocycles. The van der Waals surface area contributed by atoms with E-state index in [2.05, 4.69) is 27.3 Å². The molecule has 1 fully saturated rings. The Balaban J connectivity index is 1.15. The number of anilines is 1. The second-order valence-corrected chi connectivity index (χ2v) is 8.61. The molecule has 5 rings (SSSR count). The van der Waals surface area contributed by atoms with Crippen LogP contribution in [0.15, 0.2) is 48.8 Å². The summed E-state index contributed by atoms with van der Waals surface area (Å²) in [5.74, 6) is -3.03. The summed E-state index contributed by atoms with van der Waals surface area (Å²) in [6, 6.07) is 11.7. The average Bonchev–Trinajstić information content (AvgIpc) is 3.19. The van der Waals surface area contributed by atoms with Crippen molar-refractivity contribution in [2.24, 2.45) is 0 Å². The first-order chi connectivity index (χ1) is 15.4. The van der Waals surface area contributed by atoms with E-state index >= 15 is 0 Å². The minimum Gasteiger partial charge on any atom is -0.390 e. The van der Waals surface area contributed by atoms with E-state index in [1.807, 2.05) is 12.1 Å². The van der Waals surface area contributed by atoms with Gasteiger partial charge < -0.3 is 19.7 Å². The number of alkyl halides is 2. The number of hydrogen-bond donors (Lipinski definition) is 2. The number of aliphatic hydroxyl groups is 1. The molecule has 2 N–H and O–H groups in total. The number of halogens is 2. The van der Waals surface area contributed by atoms with E-state index in [0.29, 0.717) is 17.9 Å². The largest absolute Gasteiger partial charge is 0.390 e. The summed E-state index contributed by atoms with van der Waals surface area (Å²) in [5.41, 5.74) is 4.06. The number of hydrogen-bond acceptors (Lipinski definition) is 5. The molecule has 1 saturated heterocycles. The van der Waals surface area contributed by atoms with Crippen LogP contribution in [-0.2, 0) is 13.0 Å². The van der Waals surface area contributed by atoms with Crippen molar-refractivity contribution in [2.75, 3.05) is 37.6 Å². The smallest absolute Gasteiger partial charge is 0.282 e. The van der Waals surface area contributed by atoms with Crippen LogP contribution in [0.2, 0.25) is 0 Å². The first-order valence-corrected chi connectivity index (χ1v) is 10.7. The molecule has 0 saturated carbocycles. The van der Waals surface area contributed by atoms with Crippen LogP contribution in [0, 0.1) is 0 Å². The molecule has 7 nitrogen and oxygen atoms in total. The van der Waals surface area contributed by atoms with Gasteiger partial charge in [0.1, 0.15) is 11.3 Å². The van der Waals surface area contributed by atoms with E-state index in [9.17, 15) is 18.7 Å². The van der Waals surface area contributed by atoms with E-state index < -0.39 is 12.0 Å². The number of rotatable bonds is 6. The molecule has 3 aromatic rings. The molecule has 32 heavy (non-hydrogen) atoms. The molecule has 1 atom stereocenters. The second-order valence-electron chi connectivity index (χ2n) is 8.61. The molecule has 2 aliphatic rings. The van der Waals surface area contributed by atoms with Gasteiger partial charge in [0, 0.05) is 38.6 Å². The normalized spacial score (nSPS) is 18.8. The monoisotopic (exact) mass is 441 g/mol. The summed E-state index contributed by atoms with van der Waals surface area (Å²) < 4.78 is 27.9. The van der Waals surface area contributed by atoms with Crippen molar-refractivity contribution in [2.45, 2.75) is 25.0 Å². The van der Waals surface area contributed by atoms with Gasteiger partial charge in [0.05, 0.1) is 24.9 Å². The van der Waals surface area contributed by atoms with Crippen molar-refractivity contribution in [1.29, 1.82) is 0 Å². The average molecular weight is 441 g/mol. The topological polar surface area (TPSA) is 73.1 Å². The van der Waals surface area contributed by atoms with Gasteiger partial charge in [0.15, 0.2) is 0 Å². The van der Waals surface area contributed by atoms with Gasteiger partial charge in [-0.15, -0.1) is 0 Å². The van der Waals surface area contributed by atoms with Crippen LogP contribution in [0.25, 0.3) is 5.65 Å². The summed E-state index contributed by atoms with van der Waals surface area (Å²) in [4.78, 5) is 20.6. The first kappa shape index (κ1) is 20.8. The molecule has 168 valence electrons. The van der Waals surface area contributed by atoms with Crippen LogP contribution >= 0.6 is 0 Å². The zero-order valence-corrected chi connectivity index (χ0v) is 17.5. The molecule has 9 heteroatoms. The standard InChI is InChI=1S/C23H25F2N5O2/c24-23(25)14-30(15-23)18-5-6-21-27-20(13-29(21)11-18)22(32)26-9-19(31)12-28-8-7-16-3-1-2-4-17(16)10-28/h1-6,11,13,19,31H,7-10,12,14-15H2,(H,26,32). The lowest BCUT2D eigenvalue weighted by atomic mass is 10.00. The Kier molecular flexibility index (Phi) is 5.30. The van der Waals surface area contributed by atoms with Crippen molar-refractivity contribution in [1.82, 2.24) is 19.6 Å². The van der Waals surface area contributed by atoms with Crippen molar-refractivity contribution < 1.29 is 18.7 Å². The van der Waals surface area contributed by atoms with E-state index in [1.165, 1.54) is 11.1 Å². The van der Waals surface area contributed by atoms with Gasteiger partial charge in [0.25, 0.3) is 11.8 Å². The van der Waals surface area contributed by atoms with Crippen molar-refractivity contribution >= 4 is 17.2 Å². The molecule has 4 heterocycles. The maximum Gasteiger partial charge on any atom is 0.282 e. The number of pyridine rings is 1. The predicted octanol–water partition coefficient (Wildman–Crippen LogP) is 1.94. The maximum absolute atomic E-state index is 13.1. The van der Waals surface area contributed by atoms with Gasteiger partial charge in [-0.2, -0.15) is 0 Å². The molecule has 1 aromatic carbocycles. The molecule has 2 aliphatic heterocycles. The highest BCUT2D eigenvalue weighted by Gasteiger charge is 2.44. The molecule has 0 radical (unpaired) electrons. The van der Waals surface area contributed by atoms with Crippen LogP contribution in [-0.4, -0.2) is 70.0 Å². The number of β-amino-alcohol motifs (C(OH)–C–C–N with tert-alkyl or cyclic N) is 1. The fraction of sp³-hybridized carbons (Fsp3) is 0.391. The number of imidazole rings is 1. The summed E-state index contributed by atoms with van der Waals surface area (Å²) >= 11 is 0. The van der Waals surface area contributed by atoms with Gasteiger partial charge in [-0.3, -0.25) is 9.69 Å². The van der Waals surface area contributed by atoms with Crippen LogP contribution in [0.3, 0.4) is 0 Å². The third kappa shape index (κ3) is 4.31. The highest BCUT2D eigenvalue weighted by atomic mass is 19.3. The van der Waals surface area contributed by atoms with Crippen molar-refractivity contribution in [3.63, 3.8) is 0 Å². The summed E-state index contributed by atoms with van der Waals surface area (Å²) in [6.07, 6.45) is 3.52. The Bertz CT molecular complexity index is 1140. The van der Waals surface area contributed by atoms with Crippen molar-refractivity contribution in [3.8, 4) is 0 Å². The predicted molar refractivity (Wildman–Crippen MR) is 116 cm³/mol. The fourth-order valence-electron chi connectivity index (χ4n) is 4.34. The number of carbonyl (C=O) groups excluding carboxylic acids is 1. The zero-order chi connectivity index (χ0) is 22.3. The summed E-state index contributed by atoms with van der Waals surface area (Å²) in [7, 11) is 0. The highest BCUT2D eigenvalue weighted by molar-refractivity contribution is 5.92. The molecular weight excluding hydrogens is 416 g/mol. The second kappa shape index (κ2) is 8.14. The van der Waals surface area contributed by atoms with E-state index in [1.54, 1.807) is 33.8 Å². The Morgan fingerprint density at radius 2 is 1.94 bits per heavy atom. The molecular formula is C23H25F2N5O2. The summed E-state index contributed by atoms with van der Waals surface area (Å²) in [6.45, 7) is 1.66. The van der Waals surface area contributed by atoms with E-state index in [4.69, 9.17) is 0 Å². The highest BCUT2D eigenvalue weighted by Crippen LogP contribution is 2.31. The van der Waals surface area contributed by atoms with Crippen LogP contribution in [0.4, 0.5) is 14.5 Å². The quantitative estimate of drug-likeness (QED) is 0.612. The van der Waals surface area contributed by atoms with Gasteiger partial charge >= 0.3 is 0 Å². The number of nitrogens with zero attached hydrogens (tertiary/aromatic N) is 4. The fourth-order valence-corrected chi connectivity index (χ4v) is 4.34. The Hall–Kier alpha value is -3.04. The number of amides is 1. The first-order valence-electron chi connectivity index (χ1n) is 10.7. The van der Waals surface area contributed by atoms with Gasteiger partial charge in [-0.05, 0) is 29.7 Å². The minimum absolute atomic E-state index is 0.124. The number of aromatic nitrogens is 2. The Morgan fingerprint density at radius 1 is 1.16 bits per heavy atom. The third-order valence-corrected chi connectivity index (χ3v) is 6.05. The molecule has 0 aliphatic carbocycles. The van der Waals surface area contributed by atoms with Gasteiger partial charge in [-0.25, -0.2) is 13.8 Å². The minimum atomic E-state index is -2.65. The van der Waals surface area contributed by atoms with Gasteiger partial charge in [-0.1, -0.05) is 24.3 Å². The number of carbonyl (C=O) groups is 1. The molecule has 1 amide bonds. The molecule has 0 spiro atoms. The summed E-state index contributed by atoms with van der Waals surface area (Å²) in [5, 5.41) is 13.1. The molecule has 0 bridgehead atoms. The van der Waals surface area contributed by atoms with Crippen LogP contribution < -0.4 is 10.2 Å². The van der Waals surface area contributed by atoms with E-state index in [-0.39, 0.29) is 31.2 Å². The van der Waals surface area contributed by atoms with Crippen LogP contribution in [0.5, 0.6) is 0 Å². The lowest BCUT2D eigenvalue weighted by Gasteiger charge is -2.40. The number of benzene rings is 1. The lowest BCUT2D eigenvalue weighted by molar-refractivity contribution is -0.0262. The number of fused-ring (bicyclic) bond motifs is 2. The number of nitrogens with one attached hydrogen (secondary N) is 1. The van der Waals surface area contributed by atoms with Gasteiger partial charge in [0.2, 0.25) is 0 Å². The Labute approximate surface area is 184 Å². The lowest BCUT2D eigenvalue weighted by Crippen LogP contribution is -2.56. The zero-order valence-electron chi connectivity index (χ0n) is 17.5. The van der Waals surface area contributed by atoms with Crippen molar-refractivity contribution in [3.05, 3.63) is 65.6 Å². The molecule has 1 unspecified atom stereocenters. The Morgan fingerprint density at radius 3 is 2.72 bits per heavy atom. The third-order valence-electron chi connectivity index (χ3n) is 6.05. The SMILES string of the molecule is O=C(NCC(O)CN1CCc2ccccc2C1)c1cn2cc(N3CC(F)(F)C3)ccc2n1. The van der Waals surface area contributed by atoms with Crippen LogP contribution in [0.1, 0.15) is 21.6 Å². The number of aliphatic hydroxyl groups excluding tert-OH is 1. The maximum atomic E-state index is 13.1. The van der Waals surface area contributed by atoms with E-state index in [0.717, 1.165) is 19.5 Å².